The van der Waals surface area contributed by atoms with Gasteiger partial charge in [0.15, 0.2) is 5.82 Å². The van der Waals surface area contributed by atoms with Gasteiger partial charge >= 0.3 is 0 Å². The van der Waals surface area contributed by atoms with E-state index in [0.717, 1.165) is 30.9 Å². The lowest BCUT2D eigenvalue weighted by Gasteiger charge is -2.36. The van der Waals surface area contributed by atoms with Crippen molar-refractivity contribution in [2.75, 3.05) is 25.5 Å². The maximum Gasteiger partial charge on any atom is 0.222 e. The number of aromatic amines is 1. The van der Waals surface area contributed by atoms with Gasteiger partial charge < -0.3 is 10.1 Å². The Morgan fingerprint density at radius 3 is 3.00 bits per heavy atom. The average molecular weight is 371 g/mol. The molecule has 3 heterocycles. The minimum Gasteiger partial charge on any atom is -0.481 e. The third-order valence-corrected chi connectivity index (χ3v) is 5.17. The predicted molar refractivity (Wildman–Crippen MR) is 105 cm³/mol. The molecule has 1 fully saturated rings. The average Bonchev–Trinajstić information content (AvgIpc) is 3.08. The molecule has 0 radical (unpaired) electrons. The van der Waals surface area contributed by atoms with E-state index in [-0.39, 0.29) is 11.9 Å². The summed E-state index contributed by atoms with van der Waals surface area (Å²) in [7, 11) is 1.66. The predicted octanol–water partition coefficient (Wildman–Crippen LogP) is 3.10. The van der Waals surface area contributed by atoms with Gasteiger partial charge in [0.1, 0.15) is 0 Å². The number of likely N-dealkylation sites (tertiary alicyclic amines) is 1. The van der Waals surface area contributed by atoms with Crippen LogP contribution in [0.15, 0.2) is 18.2 Å². The van der Waals surface area contributed by atoms with Crippen molar-refractivity contribution in [3.63, 3.8) is 0 Å². The molecule has 1 amide bonds. The molecule has 3 rings (SSSR count). The number of aryl methyl sites for hydroxylation is 1. The molecule has 0 unspecified atom stereocenters. The van der Waals surface area contributed by atoms with Gasteiger partial charge in [0, 0.05) is 37.3 Å². The Bertz CT molecular complexity index is 788. The summed E-state index contributed by atoms with van der Waals surface area (Å²) in [5.74, 6) is 1.76. The first-order chi connectivity index (χ1) is 12.9. The van der Waals surface area contributed by atoms with Gasteiger partial charge in [-0.25, -0.2) is 4.98 Å². The Hall–Kier alpha value is -2.41. The van der Waals surface area contributed by atoms with Gasteiger partial charge in [-0.3, -0.25) is 14.8 Å². The number of H-pyrrole nitrogens is 1. The lowest BCUT2D eigenvalue weighted by Crippen LogP contribution is -2.38. The van der Waals surface area contributed by atoms with Crippen LogP contribution in [0.1, 0.15) is 49.7 Å². The second-order valence-corrected chi connectivity index (χ2v) is 7.43. The van der Waals surface area contributed by atoms with Crippen molar-refractivity contribution in [1.82, 2.24) is 20.1 Å². The number of pyridine rings is 1. The van der Waals surface area contributed by atoms with Gasteiger partial charge in [-0.05, 0) is 57.2 Å². The third-order valence-electron chi connectivity index (χ3n) is 5.17. The number of nitrogens with zero attached hydrogens (tertiary/aromatic N) is 3. The number of methoxy groups -OCH3 is 1. The standard InChI is InChI=1S/C20H29N5O2/c1-13-8-17(10-20(21-13)27-4)9-16-6-5-7-25(12-16)14(2)18-11-19(24-23-18)22-15(3)26/h8,10-11,14,16H,5-7,9,12H2,1-4H3,(H2,22,23,24,26)/t14-,16-/m1/s1. The minimum atomic E-state index is -0.109. The monoisotopic (exact) mass is 371 g/mol. The summed E-state index contributed by atoms with van der Waals surface area (Å²) in [6, 6.07) is 6.35. The summed E-state index contributed by atoms with van der Waals surface area (Å²) in [6.07, 6.45) is 3.44. The first-order valence-corrected chi connectivity index (χ1v) is 9.53. The van der Waals surface area contributed by atoms with E-state index in [1.165, 1.54) is 25.3 Å². The van der Waals surface area contributed by atoms with E-state index < -0.39 is 0 Å². The highest BCUT2D eigenvalue weighted by Crippen LogP contribution is 2.29. The first-order valence-electron chi connectivity index (χ1n) is 9.53. The Labute approximate surface area is 160 Å². The molecule has 1 aliphatic rings. The van der Waals surface area contributed by atoms with E-state index in [1.807, 2.05) is 19.1 Å². The Morgan fingerprint density at radius 2 is 2.26 bits per heavy atom. The molecular formula is C20H29N5O2. The van der Waals surface area contributed by atoms with Crippen molar-refractivity contribution in [1.29, 1.82) is 0 Å². The van der Waals surface area contributed by atoms with Crippen LogP contribution in [0.2, 0.25) is 0 Å². The lowest BCUT2D eigenvalue weighted by molar-refractivity contribution is -0.114. The van der Waals surface area contributed by atoms with Crippen molar-refractivity contribution in [2.24, 2.45) is 5.92 Å². The quantitative estimate of drug-likeness (QED) is 0.815. The fourth-order valence-corrected chi connectivity index (χ4v) is 3.87. The number of carbonyl (C=O) groups is 1. The number of hydrogen-bond acceptors (Lipinski definition) is 5. The van der Waals surface area contributed by atoms with Crippen LogP contribution in [0.25, 0.3) is 0 Å². The fraction of sp³-hybridized carbons (Fsp3) is 0.550. The van der Waals surface area contributed by atoms with E-state index in [0.29, 0.717) is 17.6 Å². The molecule has 27 heavy (non-hydrogen) atoms. The van der Waals surface area contributed by atoms with E-state index in [1.54, 1.807) is 7.11 Å². The zero-order valence-electron chi connectivity index (χ0n) is 16.6. The number of nitrogens with one attached hydrogen (secondary N) is 2. The zero-order chi connectivity index (χ0) is 19.4. The summed E-state index contributed by atoms with van der Waals surface area (Å²) in [6.45, 7) is 7.80. The van der Waals surface area contributed by atoms with E-state index >= 15 is 0 Å². The molecule has 0 saturated carbocycles. The number of ether oxygens (including phenoxy) is 1. The van der Waals surface area contributed by atoms with Crippen LogP contribution in [0.3, 0.4) is 0 Å². The van der Waals surface area contributed by atoms with Crippen LogP contribution in [0.4, 0.5) is 5.82 Å². The van der Waals surface area contributed by atoms with E-state index in [4.69, 9.17) is 4.74 Å². The molecule has 1 aliphatic heterocycles. The van der Waals surface area contributed by atoms with Crippen LogP contribution < -0.4 is 10.1 Å². The van der Waals surface area contributed by atoms with Gasteiger partial charge in [0.05, 0.1) is 12.8 Å². The van der Waals surface area contributed by atoms with Crippen molar-refractivity contribution >= 4 is 11.7 Å². The molecule has 0 aliphatic carbocycles. The molecule has 2 aromatic heterocycles. The highest BCUT2D eigenvalue weighted by Gasteiger charge is 2.26. The van der Waals surface area contributed by atoms with Crippen molar-refractivity contribution in [2.45, 2.75) is 46.1 Å². The molecule has 7 heteroatoms. The molecule has 0 aromatic carbocycles. The molecule has 146 valence electrons. The minimum absolute atomic E-state index is 0.109. The van der Waals surface area contributed by atoms with Gasteiger partial charge in [0.25, 0.3) is 0 Å². The largest absolute Gasteiger partial charge is 0.481 e. The summed E-state index contributed by atoms with van der Waals surface area (Å²) in [5.41, 5.74) is 3.31. The summed E-state index contributed by atoms with van der Waals surface area (Å²) in [4.78, 5) is 18.1. The van der Waals surface area contributed by atoms with Crippen LogP contribution in [0, 0.1) is 12.8 Å². The normalized spacial score (nSPS) is 18.9. The second-order valence-electron chi connectivity index (χ2n) is 7.43. The van der Waals surface area contributed by atoms with Gasteiger partial charge in [-0.15, -0.1) is 0 Å². The molecule has 0 spiro atoms. The SMILES string of the molecule is COc1cc(C[C@H]2CCCN([C@H](C)c3cc(NC(C)=O)n[nH]3)C2)cc(C)n1. The van der Waals surface area contributed by atoms with Crippen LogP contribution in [0.5, 0.6) is 5.88 Å². The third kappa shape index (κ3) is 5.07. The van der Waals surface area contributed by atoms with Gasteiger partial charge in [-0.1, -0.05) is 0 Å². The molecule has 1 saturated heterocycles. The highest BCUT2D eigenvalue weighted by molar-refractivity contribution is 5.87. The van der Waals surface area contributed by atoms with E-state index in [2.05, 4.69) is 38.4 Å². The Balaban J connectivity index is 1.64. The number of anilines is 1. The van der Waals surface area contributed by atoms with Crippen LogP contribution in [-0.2, 0) is 11.2 Å². The van der Waals surface area contributed by atoms with Crippen molar-refractivity contribution < 1.29 is 9.53 Å². The van der Waals surface area contributed by atoms with Crippen LogP contribution >= 0.6 is 0 Å². The lowest BCUT2D eigenvalue weighted by atomic mass is 9.90. The number of carbonyl (C=O) groups excluding carboxylic acids is 1. The Kier molecular flexibility index (Phi) is 6.11. The van der Waals surface area contributed by atoms with Crippen molar-refractivity contribution in [3.05, 3.63) is 35.2 Å². The zero-order valence-corrected chi connectivity index (χ0v) is 16.6. The van der Waals surface area contributed by atoms with Gasteiger partial charge in [0.2, 0.25) is 11.8 Å². The maximum absolute atomic E-state index is 11.2. The Morgan fingerprint density at radius 1 is 1.44 bits per heavy atom. The van der Waals surface area contributed by atoms with Crippen molar-refractivity contribution in [3.8, 4) is 5.88 Å². The summed E-state index contributed by atoms with van der Waals surface area (Å²) >= 11 is 0. The molecular weight excluding hydrogens is 342 g/mol. The second kappa shape index (κ2) is 8.52. The highest BCUT2D eigenvalue weighted by atomic mass is 16.5. The molecule has 0 bridgehead atoms. The van der Waals surface area contributed by atoms with Crippen LogP contribution in [-0.4, -0.2) is 46.2 Å². The first kappa shape index (κ1) is 19.4. The number of hydrogen-bond donors (Lipinski definition) is 2. The number of piperidine rings is 1. The molecule has 2 aromatic rings. The molecule has 7 nitrogen and oxygen atoms in total. The molecule has 2 atom stereocenters. The number of amides is 1. The smallest absolute Gasteiger partial charge is 0.222 e. The van der Waals surface area contributed by atoms with Gasteiger partial charge in [-0.2, -0.15) is 5.10 Å². The maximum atomic E-state index is 11.2. The summed E-state index contributed by atoms with van der Waals surface area (Å²) in [5, 5.41) is 9.97. The fourth-order valence-electron chi connectivity index (χ4n) is 3.87. The van der Waals surface area contributed by atoms with E-state index in [9.17, 15) is 4.79 Å². The number of aromatic nitrogens is 3. The summed E-state index contributed by atoms with van der Waals surface area (Å²) < 4.78 is 5.31. The molecule has 2 N–H and O–H groups in total. The topological polar surface area (TPSA) is 83.1 Å². The number of rotatable bonds is 6.